The molecular formula is C25H34N4O5. The Balaban J connectivity index is 1.59. The van der Waals surface area contributed by atoms with Gasteiger partial charge in [-0.25, -0.2) is 10.5 Å². The van der Waals surface area contributed by atoms with Gasteiger partial charge in [0.25, 0.3) is 5.91 Å². The number of aryl methyl sites for hydroxylation is 2. The molecule has 0 aliphatic carbocycles. The number of nitrogens with one attached hydrogen (secondary N) is 1. The quantitative estimate of drug-likeness (QED) is 0.359. The van der Waals surface area contributed by atoms with E-state index in [1.54, 1.807) is 4.90 Å². The van der Waals surface area contributed by atoms with Crippen molar-refractivity contribution < 1.29 is 24.6 Å². The summed E-state index contributed by atoms with van der Waals surface area (Å²) in [4.78, 5) is 33.5. The minimum absolute atomic E-state index is 0.278. The summed E-state index contributed by atoms with van der Waals surface area (Å²) in [5, 5.41) is 19.5. The van der Waals surface area contributed by atoms with E-state index in [4.69, 9.17) is 9.94 Å². The van der Waals surface area contributed by atoms with Crippen LogP contribution in [-0.4, -0.2) is 70.9 Å². The standard InChI is InChI=1S/C25H34N4O5/c1-3-34-20-12-10-19(11-13-20)7-5-8-21(23(30)24(31)27-33)25(32)29-16-14-28(15-17-29)22-9-4-6-18(2)26-22/h4,6,9-13,21,23,30,33H,3,5,7-8,14-17H2,1-2H3,(H,27,31)/t21-,23+/m1/s1. The zero-order chi connectivity index (χ0) is 24.5. The molecule has 0 bridgehead atoms. The van der Waals surface area contributed by atoms with Gasteiger partial charge >= 0.3 is 0 Å². The van der Waals surface area contributed by atoms with Gasteiger partial charge in [-0.3, -0.25) is 14.8 Å². The lowest BCUT2D eigenvalue weighted by atomic mass is 9.92. The van der Waals surface area contributed by atoms with E-state index < -0.39 is 17.9 Å². The van der Waals surface area contributed by atoms with Crippen LogP contribution in [0, 0.1) is 12.8 Å². The van der Waals surface area contributed by atoms with Crippen LogP contribution in [0.4, 0.5) is 5.82 Å². The molecule has 3 rings (SSSR count). The van der Waals surface area contributed by atoms with Gasteiger partial charge in [0.05, 0.1) is 12.5 Å². The van der Waals surface area contributed by atoms with Crippen LogP contribution >= 0.6 is 0 Å². The molecule has 1 fully saturated rings. The molecule has 2 atom stereocenters. The first-order valence-corrected chi connectivity index (χ1v) is 11.7. The highest BCUT2D eigenvalue weighted by Gasteiger charge is 2.35. The molecular weight excluding hydrogens is 436 g/mol. The van der Waals surface area contributed by atoms with E-state index >= 15 is 0 Å². The predicted molar refractivity (Wildman–Crippen MR) is 128 cm³/mol. The largest absolute Gasteiger partial charge is 0.494 e. The second-order valence-electron chi connectivity index (χ2n) is 8.45. The highest BCUT2D eigenvalue weighted by atomic mass is 16.5. The van der Waals surface area contributed by atoms with Gasteiger partial charge in [-0.05, 0) is 62.9 Å². The molecule has 3 N–H and O–H groups in total. The third-order valence-electron chi connectivity index (χ3n) is 6.08. The number of hydrogen-bond acceptors (Lipinski definition) is 7. The summed E-state index contributed by atoms with van der Waals surface area (Å²) < 4.78 is 5.46. The van der Waals surface area contributed by atoms with Crippen LogP contribution in [0.3, 0.4) is 0 Å². The van der Waals surface area contributed by atoms with Crippen molar-refractivity contribution in [1.82, 2.24) is 15.4 Å². The van der Waals surface area contributed by atoms with Gasteiger partial charge in [-0.15, -0.1) is 0 Å². The van der Waals surface area contributed by atoms with Gasteiger partial charge in [-0.1, -0.05) is 18.2 Å². The third kappa shape index (κ3) is 6.68. The number of hydrogen-bond donors (Lipinski definition) is 3. The van der Waals surface area contributed by atoms with Crippen LogP contribution in [0.25, 0.3) is 0 Å². The first-order valence-electron chi connectivity index (χ1n) is 11.7. The van der Waals surface area contributed by atoms with Crippen molar-refractivity contribution in [1.29, 1.82) is 0 Å². The molecule has 1 aromatic heterocycles. The van der Waals surface area contributed by atoms with E-state index in [-0.39, 0.29) is 5.91 Å². The topological polar surface area (TPSA) is 115 Å². The van der Waals surface area contributed by atoms with Crippen molar-refractivity contribution in [2.75, 3.05) is 37.7 Å². The minimum atomic E-state index is -1.62. The van der Waals surface area contributed by atoms with Gasteiger partial charge in [0, 0.05) is 31.9 Å². The van der Waals surface area contributed by atoms with Crippen molar-refractivity contribution in [3.63, 3.8) is 0 Å². The molecule has 1 aliphatic heterocycles. The molecule has 9 nitrogen and oxygen atoms in total. The molecule has 1 aliphatic rings. The molecule has 9 heteroatoms. The van der Waals surface area contributed by atoms with Crippen LogP contribution in [0.5, 0.6) is 5.75 Å². The van der Waals surface area contributed by atoms with E-state index in [9.17, 15) is 14.7 Å². The molecule has 2 heterocycles. The number of piperazine rings is 1. The van der Waals surface area contributed by atoms with Crippen LogP contribution in [0.2, 0.25) is 0 Å². The number of amides is 2. The number of anilines is 1. The lowest BCUT2D eigenvalue weighted by Crippen LogP contribution is -2.53. The van der Waals surface area contributed by atoms with Crippen molar-refractivity contribution in [3.8, 4) is 5.75 Å². The zero-order valence-corrected chi connectivity index (χ0v) is 19.8. The van der Waals surface area contributed by atoms with Gasteiger partial charge in [-0.2, -0.15) is 0 Å². The van der Waals surface area contributed by atoms with E-state index in [1.807, 2.05) is 56.3 Å². The van der Waals surface area contributed by atoms with Gasteiger partial charge in [0.1, 0.15) is 17.7 Å². The van der Waals surface area contributed by atoms with Crippen molar-refractivity contribution in [2.24, 2.45) is 5.92 Å². The van der Waals surface area contributed by atoms with Crippen LogP contribution < -0.4 is 15.1 Å². The minimum Gasteiger partial charge on any atom is -0.494 e. The number of pyridine rings is 1. The normalized spacial score (nSPS) is 15.5. The fourth-order valence-corrected chi connectivity index (χ4v) is 4.21. The highest BCUT2D eigenvalue weighted by Crippen LogP contribution is 2.21. The van der Waals surface area contributed by atoms with Gasteiger partial charge in [0.2, 0.25) is 5.91 Å². The summed E-state index contributed by atoms with van der Waals surface area (Å²) in [6.07, 6.45) is -0.00124. The number of ether oxygens (including phenoxy) is 1. The monoisotopic (exact) mass is 470 g/mol. The molecule has 1 saturated heterocycles. The maximum absolute atomic E-state index is 13.3. The van der Waals surface area contributed by atoms with E-state index in [2.05, 4.69) is 9.88 Å². The van der Waals surface area contributed by atoms with Crippen molar-refractivity contribution in [2.45, 2.75) is 39.2 Å². The summed E-state index contributed by atoms with van der Waals surface area (Å²) in [6, 6.07) is 13.6. The maximum atomic E-state index is 13.3. The van der Waals surface area contributed by atoms with E-state index in [0.717, 1.165) is 22.8 Å². The predicted octanol–water partition coefficient (Wildman–Crippen LogP) is 1.94. The molecule has 2 aromatic rings. The Hall–Kier alpha value is -3.17. The number of rotatable bonds is 10. The fraction of sp³-hybridized carbons (Fsp3) is 0.480. The lowest BCUT2D eigenvalue weighted by molar-refractivity contribution is -0.151. The Morgan fingerprint density at radius 2 is 1.82 bits per heavy atom. The number of hydroxylamine groups is 1. The van der Waals surface area contributed by atoms with E-state index in [0.29, 0.717) is 52.0 Å². The Labute approximate surface area is 200 Å². The smallest absolute Gasteiger partial charge is 0.272 e. The molecule has 2 amide bonds. The first-order chi connectivity index (χ1) is 16.4. The number of aromatic nitrogens is 1. The number of aliphatic hydroxyl groups excluding tert-OH is 1. The Bertz CT molecular complexity index is 945. The first kappa shape index (κ1) is 25.5. The summed E-state index contributed by atoms with van der Waals surface area (Å²) in [7, 11) is 0. The number of nitrogens with zero attached hydrogens (tertiary/aromatic N) is 3. The SMILES string of the molecule is CCOc1ccc(CCC[C@@H](C(=O)N2CCN(c3cccc(C)n3)CC2)[C@H](O)C(=O)NO)cc1. The highest BCUT2D eigenvalue weighted by molar-refractivity contribution is 5.88. The second kappa shape index (κ2) is 12.3. The Morgan fingerprint density at radius 3 is 2.44 bits per heavy atom. The van der Waals surface area contributed by atoms with Gasteiger partial charge < -0.3 is 19.6 Å². The zero-order valence-electron chi connectivity index (χ0n) is 19.8. The number of benzene rings is 1. The Morgan fingerprint density at radius 1 is 1.12 bits per heavy atom. The molecule has 1 aromatic carbocycles. The fourth-order valence-electron chi connectivity index (χ4n) is 4.21. The molecule has 184 valence electrons. The van der Waals surface area contributed by atoms with Crippen molar-refractivity contribution in [3.05, 3.63) is 53.7 Å². The van der Waals surface area contributed by atoms with E-state index in [1.165, 1.54) is 5.48 Å². The molecule has 0 spiro atoms. The molecule has 0 saturated carbocycles. The van der Waals surface area contributed by atoms with Crippen LogP contribution in [-0.2, 0) is 16.0 Å². The molecule has 34 heavy (non-hydrogen) atoms. The van der Waals surface area contributed by atoms with Gasteiger partial charge in [0.15, 0.2) is 0 Å². The number of carbonyl (C=O) groups is 2. The Kier molecular flexibility index (Phi) is 9.24. The third-order valence-corrected chi connectivity index (χ3v) is 6.08. The average molecular weight is 471 g/mol. The number of aliphatic hydroxyl groups is 1. The summed E-state index contributed by atoms with van der Waals surface area (Å²) >= 11 is 0. The van der Waals surface area contributed by atoms with Crippen LogP contribution in [0.1, 0.15) is 31.0 Å². The van der Waals surface area contributed by atoms with Crippen LogP contribution in [0.15, 0.2) is 42.5 Å². The average Bonchev–Trinajstić information content (AvgIpc) is 2.86. The maximum Gasteiger partial charge on any atom is 0.272 e. The van der Waals surface area contributed by atoms with Crippen molar-refractivity contribution >= 4 is 17.6 Å². The summed E-state index contributed by atoms with van der Waals surface area (Å²) in [6.45, 7) is 6.64. The lowest BCUT2D eigenvalue weighted by Gasteiger charge is -2.37. The summed E-state index contributed by atoms with van der Waals surface area (Å²) in [5.41, 5.74) is 3.48. The second-order valence-corrected chi connectivity index (χ2v) is 8.45. The molecule has 0 radical (unpaired) electrons. The summed E-state index contributed by atoms with van der Waals surface area (Å²) in [5.74, 6) is -0.506. The molecule has 0 unspecified atom stereocenters. The number of carbonyl (C=O) groups excluding carboxylic acids is 2.